The maximum absolute atomic E-state index is 8.79. The van der Waals surface area contributed by atoms with Crippen molar-refractivity contribution in [3.63, 3.8) is 0 Å². The van der Waals surface area contributed by atoms with Crippen molar-refractivity contribution in [3.8, 4) is 0 Å². The number of anilines is 1. The van der Waals surface area contributed by atoms with Gasteiger partial charge in [-0.2, -0.15) is 0 Å². The Balaban J connectivity index is 1.87. The minimum Gasteiger partial charge on any atom is -0.409 e. The van der Waals surface area contributed by atoms with E-state index in [4.69, 9.17) is 10.9 Å². The van der Waals surface area contributed by atoms with E-state index in [1.807, 2.05) is 12.1 Å². The smallest absolute Gasteiger partial charge is 0.188 e. The van der Waals surface area contributed by atoms with Gasteiger partial charge in [-0.3, -0.25) is 4.98 Å². The molecule has 20 heavy (non-hydrogen) atoms. The highest BCUT2D eigenvalue weighted by molar-refractivity contribution is 5.95. The summed E-state index contributed by atoms with van der Waals surface area (Å²) in [5.74, 6) is 0.905. The summed E-state index contributed by atoms with van der Waals surface area (Å²) >= 11 is 0. The number of nitrogens with two attached hydrogens (primary N) is 1. The summed E-state index contributed by atoms with van der Waals surface area (Å²) in [6.45, 7) is 1.10. The molecule has 0 aromatic carbocycles. The Bertz CT molecular complexity index is 500. The van der Waals surface area contributed by atoms with Crippen LogP contribution in [-0.4, -0.2) is 28.6 Å². The molecule has 2 fully saturated rings. The molecule has 1 aromatic rings. The van der Waals surface area contributed by atoms with Crippen molar-refractivity contribution in [2.24, 2.45) is 16.8 Å². The van der Waals surface area contributed by atoms with E-state index >= 15 is 0 Å². The molecule has 3 N–H and O–H groups in total. The van der Waals surface area contributed by atoms with Gasteiger partial charge >= 0.3 is 0 Å². The Morgan fingerprint density at radius 3 is 2.95 bits per heavy atom. The summed E-state index contributed by atoms with van der Waals surface area (Å²) in [4.78, 5) is 6.67. The van der Waals surface area contributed by atoms with Gasteiger partial charge < -0.3 is 15.8 Å². The van der Waals surface area contributed by atoms with E-state index in [1.165, 1.54) is 38.5 Å². The van der Waals surface area contributed by atoms with E-state index in [0.29, 0.717) is 11.7 Å². The van der Waals surface area contributed by atoms with Crippen LogP contribution in [0, 0.1) is 5.92 Å². The van der Waals surface area contributed by atoms with Gasteiger partial charge in [0, 0.05) is 24.5 Å². The predicted molar refractivity (Wildman–Crippen MR) is 79.1 cm³/mol. The molecule has 0 spiro atoms. The second-order valence-electron chi connectivity index (χ2n) is 5.83. The number of amidine groups is 1. The van der Waals surface area contributed by atoms with E-state index in [0.717, 1.165) is 18.2 Å². The van der Waals surface area contributed by atoms with Crippen LogP contribution in [0.2, 0.25) is 0 Å². The zero-order valence-electron chi connectivity index (χ0n) is 11.7. The van der Waals surface area contributed by atoms with Gasteiger partial charge in [-0.1, -0.05) is 18.0 Å². The number of aromatic nitrogens is 1. The minimum atomic E-state index is 0.0732. The lowest BCUT2D eigenvalue weighted by Gasteiger charge is -2.45. The van der Waals surface area contributed by atoms with Gasteiger partial charge in [-0.25, -0.2) is 0 Å². The van der Waals surface area contributed by atoms with Crippen molar-refractivity contribution in [2.75, 3.05) is 11.4 Å². The van der Waals surface area contributed by atoms with Gasteiger partial charge in [0.2, 0.25) is 0 Å². The highest BCUT2D eigenvalue weighted by Gasteiger charge is 2.33. The molecule has 0 unspecified atom stereocenters. The topological polar surface area (TPSA) is 74.7 Å². The molecule has 1 aromatic heterocycles. The summed E-state index contributed by atoms with van der Waals surface area (Å²) in [6.07, 6.45) is 9.71. The number of rotatable bonds is 2. The maximum Gasteiger partial charge on any atom is 0.188 e. The van der Waals surface area contributed by atoms with Crippen LogP contribution in [0.1, 0.15) is 44.2 Å². The first-order chi connectivity index (χ1) is 9.79. The standard InChI is InChI=1S/C15H22N4O/c16-15(18-20)13-10-12(7-8-17-13)19-9-3-5-11-4-1-2-6-14(11)19/h7-8,10-11,14,20H,1-6,9H2,(H2,16,18)/t11-,14-/m1/s1. The Hall–Kier alpha value is -1.78. The average Bonchev–Trinajstić information content (AvgIpc) is 2.53. The fourth-order valence-corrected chi connectivity index (χ4v) is 3.73. The minimum absolute atomic E-state index is 0.0732. The zero-order chi connectivity index (χ0) is 13.9. The fraction of sp³-hybridized carbons (Fsp3) is 0.600. The third kappa shape index (κ3) is 2.44. The number of pyridine rings is 1. The van der Waals surface area contributed by atoms with E-state index < -0.39 is 0 Å². The van der Waals surface area contributed by atoms with Crippen LogP contribution in [0.4, 0.5) is 5.69 Å². The molecule has 5 nitrogen and oxygen atoms in total. The second-order valence-corrected chi connectivity index (χ2v) is 5.83. The van der Waals surface area contributed by atoms with Gasteiger partial charge in [0.25, 0.3) is 0 Å². The molecular formula is C15H22N4O. The van der Waals surface area contributed by atoms with Crippen molar-refractivity contribution in [1.29, 1.82) is 0 Å². The largest absolute Gasteiger partial charge is 0.409 e. The first-order valence-electron chi connectivity index (χ1n) is 7.50. The normalized spacial score (nSPS) is 27.2. The summed E-state index contributed by atoms with van der Waals surface area (Å²) < 4.78 is 0. The SMILES string of the molecule is N/C(=N/O)c1cc(N2CCC[C@H]3CCCC[C@H]32)ccn1. The quantitative estimate of drug-likeness (QED) is 0.376. The van der Waals surface area contributed by atoms with E-state index in [9.17, 15) is 0 Å². The molecule has 1 aliphatic heterocycles. The molecule has 2 heterocycles. The highest BCUT2D eigenvalue weighted by atomic mass is 16.4. The molecule has 0 bridgehead atoms. The zero-order valence-corrected chi connectivity index (χ0v) is 11.7. The average molecular weight is 274 g/mol. The lowest BCUT2D eigenvalue weighted by atomic mass is 9.78. The third-order valence-electron chi connectivity index (χ3n) is 4.69. The Morgan fingerprint density at radius 2 is 2.10 bits per heavy atom. The monoisotopic (exact) mass is 274 g/mol. The van der Waals surface area contributed by atoms with Gasteiger partial charge in [0.15, 0.2) is 5.84 Å². The van der Waals surface area contributed by atoms with Crippen LogP contribution in [0.15, 0.2) is 23.5 Å². The molecule has 1 saturated carbocycles. The number of nitrogens with zero attached hydrogens (tertiary/aromatic N) is 3. The van der Waals surface area contributed by atoms with Crippen LogP contribution < -0.4 is 10.6 Å². The maximum atomic E-state index is 8.79. The van der Waals surface area contributed by atoms with Crippen molar-refractivity contribution >= 4 is 11.5 Å². The van der Waals surface area contributed by atoms with Crippen molar-refractivity contribution in [1.82, 2.24) is 4.98 Å². The molecule has 2 atom stereocenters. The van der Waals surface area contributed by atoms with Crippen molar-refractivity contribution in [2.45, 2.75) is 44.6 Å². The molecule has 1 aliphatic carbocycles. The van der Waals surface area contributed by atoms with Crippen molar-refractivity contribution < 1.29 is 5.21 Å². The van der Waals surface area contributed by atoms with Gasteiger partial charge in [-0.15, -0.1) is 0 Å². The molecular weight excluding hydrogens is 252 g/mol. The third-order valence-corrected chi connectivity index (χ3v) is 4.69. The lowest BCUT2D eigenvalue weighted by Crippen LogP contribution is -2.47. The van der Waals surface area contributed by atoms with E-state index in [1.54, 1.807) is 6.20 Å². The number of oxime groups is 1. The number of fused-ring (bicyclic) bond motifs is 1. The molecule has 3 rings (SSSR count). The Labute approximate surface area is 119 Å². The van der Waals surface area contributed by atoms with E-state index in [-0.39, 0.29) is 5.84 Å². The summed E-state index contributed by atoms with van der Waals surface area (Å²) in [7, 11) is 0. The summed E-state index contributed by atoms with van der Waals surface area (Å²) in [5.41, 5.74) is 7.34. The number of piperidine rings is 1. The van der Waals surface area contributed by atoms with Crippen LogP contribution >= 0.6 is 0 Å². The van der Waals surface area contributed by atoms with Gasteiger partial charge in [-0.05, 0) is 43.7 Å². The Kier molecular flexibility index (Phi) is 3.76. The summed E-state index contributed by atoms with van der Waals surface area (Å²) in [5, 5.41) is 11.8. The number of hydrogen-bond acceptors (Lipinski definition) is 4. The first kappa shape index (κ1) is 13.2. The predicted octanol–water partition coefficient (Wildman–Crippen LogP) is 2.34. The van der Waals surface area contributed by atoms with Crippen LogP contribution in [0.5, 0.6) is 0 Å². The molecule has 108 valence electrons. The molecule has 1 saturated heterocycles. The highest BCUT2D eigenvalue weighted by Crippen LogP contribution is 2.37. The first-order valence-corrected chi connectivity index (χ1v) is 7.50. The fourth-order valence-electron chi connectivity index (χ4n) is 3.73. The van der Waals surface area contributed by atoms with Crippen LogP contribution in [-0.2, 0) is 0 Å². The Morgan fingerprint density at radius 1 is 1.30 bits per heavy atom. The molecule has 5 heteroatoms. The van der Waals surface area contributed by atoms with Crippen molar-refractivity contribution in [3.05, 3.63) is 24.0 Å². The van der Waals surface area contributed by atoms with E-state index in [2.05, 4.69) is 15.0 Å². The van der Waals surface area contributed by atoms with Gasteiger partial charge in [0.1, 0.15) is 5.69 Å². The molecule has 0 amide bonds. The molecule has 0 radical (unpaired) electrons. The van der Waals surface area contributed by atoms with Crippen LogP contribution in [0.3, 0.4) is 0 Å². The van der Waals surface area contributed by atoms with Gasteiger partial charge in [0.05, 0.1) is 0 Å². The van der Waals surface area contributed by atoms with Crippen LogP contribution in [0.25, 0.3) is 0 Å². The summed E-state index contributed by atoms with van der Waals surface area (Å²) in [6, 6.07) is 4.62. The lowest BCUT2D eigenvalue weighted by molar-refractivity contribution is 0.244. The number of hydrogen-bond donors (Lipinski definition) is 2. The molecule has 2 aliphatic rings. The second kappa shape index (κ2) is 5.69.